The van der Waals surface area contributed by atoms with Gasteiger partial charge >= 0.3 is 12.1 Å². The van der Waals surface area contributed by atoms with Crippen LogP contribution in [0.1, 0.15) is 25.3 Å². The molecule has 11 heteroatoms. The summed E-state index contributed by atoms with van der Waals surface area (Å²) in [4.78, 5) is 27.1. The molecule has 0 amide bonds. The third-order valence-electron chi connectivity index (χ3n) is 5.96. The molecule has 1 saturated carbocycles. The number of halogens is 4. The molecule has 2 aromatic heterocycles. The van der Waals surface area contributed by atoms with Crippen LogP contribution in [0.25, 0.3) is 33.7 Å². The van der Waals surface area contributed by atoms with Gasteiger partial charge in [-0.05, 0) is 50.1 Å². The Hall–Kier alpha value is -4.02. The van der Waals surface area contributed by atoms with Crippen molar-refractivity contribution in [2.45, 2.75) is 32.0 Å². The molecular weight excluding hydrogens is 480 g/mol. The van der Waals surface area contributed by atoms with E-state index >= 15 is 0 Å². The maximum Gasteiger partial charge on any atom is 0.416 e. The molecule has 7 nitrogen and oxygen atoms in total. The van der Waals surface area contributed by atoms with Crippen LogP contribution in [0.15, 0.2) is 48.8 Å². The first kappa shape index (κ1) is 23.7. The van der Waals surface area contributed by atoms with Gasteiger partial charge in [0.1, 0.15) is 17.7 Å². The summed E-state index contributed by atoms with van der Waals surface area (Å²) in [6.45, 7) is 2.10. The highest BCUT2D eigenvalue weighted by atomic mass is 19.4. The van der Waals surface area contributed by atoms with Gasteiger partial charge < -0.3 is 14.5 Å². The van der Waals surface area contributed by atoms with Crippen LogP contribution in [0.2, 0.25) is 0 Å². The maximum absolute atomic E-state index is 14.9. The Labute approximate surface area is 202 Å². The van der Waals surface area contributed by atoms with Gasteiger partial charge in [-0.1, -0.05) is 6.07 Å². The van der Waals surface area contributed by atoms with E-state index < -0.39 is 17.6 Å². The maximum atomic E-state index is 14.9. The van der Waals surface area contributed by atoms with Crippen LogP contribution in [0.5, 0.6) is 5.88 Å². The number of hydrogen-bond acceptors (Lipinski definition) is 6. The number of rotatable bonds is 6. The van der Waals surface area contributed by atoms with Crippen LogP contribution >= 0.6 is 0 Å². The van der Waals surface area contributed by atoms with Crippen molar-refractivity contribution in [1.29, 1.82) is 0 Å². The predicted molar refractivity (Wildman–Crippen MR) is 121 cm³/mol. The summed E-state index contributed by atoms with van der Waals surface area (Å²) in [5.74, 6) is -0.599. The minimum absolute atomic E-state index is 0.109. The van der Waals surface area contributed by atoms with Gasteiger partial charge in [0.25, 0.3) is 0 Å². The summed E-state index contributed by atoms with van der Waals surface area (Å²) in [5.41, 5.74) is 0.607. The molecule has 0 spiro atoms. The Morgan fingerprint density at radius 3 is 2.58 bits per heavy atom. The van der Waals surface area contributed by atoms with Crippen molar-refractivity contribution >= 4 is 17.0 Å². The lowest BCUT2D eigenvalue weighted by Gasteiger charge is -2.32. The summed E-state index contributed by atoms with van der Waals surface area (Å²) >= 11 is 0. The number of carbonyl (C=O) groups is 1. The van der Waals surface area contributed by atoms with Gasteiger partial charge in [-0.3, -0.25) is 4.79 Å². The van der Waals surface area contributed by atoms with E-state index in [-0.39, 0.29) is 34.9 Å². The van der Waals surface area contributed by atoms with Gasteiger partial charge in [0, 0.05) is 5.56 Å². The Balaban J connectivity index is 1.28. The summed E-state index contributed by atoms with van der Waals surface area (Å²) < 4.78 is 64.5. The molecule has 0 bridgehead atoms. The second-order valence-corrected chi connectivity index (χ2v) is 8.41. The van der Waals surface area contributed by atoms with Gasteiger partial charge in [-0.25, -0.2) is 19.3 Å². The van der Waals surface area contributed by atoms with Crippen LogP contribution in [-0.2, 0) is 15.7 Å². The zero-order valence-electron chi connectivity index (χ0n) is 19.0. The number of imidazole rings is 1. The minimum atomic E-state index is -4.49. The predicted octanol–water partition coefficient (Wildman–Crippen LogP) is 5.57. The molecule has 0 radical (unpaired) electrons. The number of aromatic amines is 1. The fourth-order valence-electron chi connectivity index (χ4n) is 3.99. The van der Waals surface area contributed by atoms with Gasteiger partial charge in [0.15, 0.2) is 0 Å². The van der Waals surface area contributed by atoms with Gasteiger partial charge in [0.05, 0.1) is 52.8 Å². The molecule has 1 aliphatic rings. The number of benzene rings is 2. The molecule has 186 valence electrons. The Morgan fingerprint density at radius 1 is 1.11 bits per heavy atom. The number of aromatic nitrogens is 4. The molecule has 5 rings (SSSR count). The average molecular weight is 500 g/mol. The van der Waals surface area contributed by atoms with Crippen LogP contribution < -0.4 is 4.74 Å². The Kier molecular flexibility index (Phi) is 6.07. The zero-order chi connectivity index (χ0) is 25.4. The summed E-state index contributed by atoms with van der Waals surface area (Å²) in [5, 5.41) is 0. The fourth-order valence-corrected chi connectivity index (χ4v) is 3.99. The van der Waals surface area contributed by atoms with E-state index in [0.29, 0.717) is 42.1 Å². The van der Waals surface area contributed by atoms with Crippen molar-refractivity contribution < 1.29 is 31.8 Å². The minimum Gasteiger partial charge on any atom is -0.473 e. The molecule has 36 heavy (non-hydrogen) atoms. The largest absolute Gasteiger partial charge is 0.473 e. The van der Waals surface area contributed by atoms with E-state index in [1.165, 1.54) is 30.6 Å². The van der Waals surface area contributed by atoms with E-state index in [4.69, 9.17) is 9.47 Å². The third kappa shape index (κ3) is 4.73. The quantitative estimate of drug-likeness (QED) is 0.275. The van der Waals surface area contributed by atoms with Crippen molar-refractivity contribution in [3.63, 3.8) is 0 Å². The summed E-state index contributed by atoms with van der Waals surface area (Å²) in [7, 11) is 0. The number of fused-ring (bicyclic) bond motifs is 1. The van der Waals surface area contributed by atoms with E-state index in [2.05, 4.69) is 19.9 Å². The second kappa shape index (κ2) is 9.21. The highest BCUT2D eigenvalue weighted by molar-refractivity contribution is 5.80. The lowest BCUT2D eigenvalue weighted by Crippen LogP contribution is -2.39. The highest BCUT2D eigenvalue weighted by Gasteiger charge is 2.37. The van der Waals surface area contributed by atoms with Crippen molar-refractivity contribution in [3.05, 3.63) is 60.2 Å². The van der Waals surface area contributed by atoms with Gasteiger partial charge in [-0.2, -0.15) is 13.2 Å². The Bertz CT molecular complexity index is 1410. The monoisotopic (exact) mass is 500 g/mol. The van der Waals surface area contributed by atoms with E-state index in [1.54, 1.807) is 13.0 Å². The SMILES string of the molecule is CCOC(=O)C1CC(Oc2cnc(-c3ccc(-c4nc5ccc(C(F)(F)F)cc5[nH]4)c(F)c3)cn2)C1. The number of carbonyl (C=O) groups excluding carboxylic acids is 1. The number of esters is 1. The number of nitrogens with zero attached hydrogens (tertiary/aromatic N) is 3. The highest BCUT2D eigenvalue weighted by Crippen LogP contribution is 2.34. The molecular formula is C25H20F4N4O3. The van der Waals surface area contributed by atoms with E-state index in [0.717, 1.165) is 12.1 Å². The lowest BCUT2D eigenvalue weighted by molar-refractivity contribution is -0.154. The Morgan fingerprint density at radius 2 is 1.92 bits per heavy atom. The average Bonchev–Trinajstić information content (AvgIpc) is 3.24. The molecule has 4 aromatic rings. The molecule has 2 aromatic carbocycles. The lowest BCUT2D eigenvalue weighted by atomic mass is 9.82. The van der Waals surface area contributed by atoms with E-state index in [9.17, 15) is 22.4 Å². The first-order valence-corrected chi connectivity index (χ1v) is 11.2. The molecule has 1 fully saturated rings. The molecule has 2 heterocycles. The number of alkyl halides is 3. The van der Waals surface area contributed by atoms with Crippen LogP contribution in [0, 0.1) is 11.7 Å². The van der Waals surface area contributed by atoms with Crippen LogP contribution in [-0.4, -0.2) is 38.6 Å². The topological polar surface area (TPSA) is 90.0 Å². The summed E-state index contributed by atoms with van der Waals surface area (Å²) in [6.07, 6.45) is -0.659. The molecule has 0 aliphatic heterocycles. The van der Waals surface area contributed by atoms with Crippen LogP contribution in [0.4, 0.5) is 17.6 Å². The molecule has 0 unspecified atom stereocenters. The van der Waals surface area contributed by atoms with Crippen molar-refractivity contribution in [1.82, 2.24) is 19.9 Å². The summed E-state index contributed by atoms with van der Waals surface area (Å²) in [6, 6.07) is 7.46. The molecule has 1 aliphatic carbocycles. The number of H-pyrrole nitrogens is 1. The number of hydrogen-bond donors (Lipinski definition) is 1. The van der Waals surface area contributed by atoms with E-state index in [1.807, 2.05) is 0 Å². The zero-order valence-corrected chi connectivity index (χ0v) is 19.0. The number of nitrogens with one attached hydrogen (secondary N) is 1. The van der Waals surface area contributed by atoms with Crippen molar-refractivity contribution in [3.8, 4) is 28.5 Å². The first-order chi connectivity index (χ1) is 17.2. The second-order valence-electron chi connectivity index (χ2n) is 8.41. The standard InChI is InChI=1S/C25H20F4N4O3/c1-2-35-24(34)14-7-16(8-14)36-22-12-30-21(11-31-22)13-3-5-17(18(26)9-13)23-32-19-6-4-15(25(27,28)29)10-20(19)33-23/h3-6,9-12,14,16H,2,7-8H2,1H3,(H,32,33). The smallest absolute Gasteiger partial charge is 0.416 e. The first-order valence-electron chi connectivity index (χ1n) is 11.2. The normalized spacial score (nSPS) is 17.6. The molecule has 0 saturated heterocycles. The van der Waals surface area contributed by atoms with Crippen molar-refractivity contribution in [2.75, 3.05) is 6.61 Å². The third-order valence-corrected chi connectivity index (χ3v) is 5.96. The number of ether oxygens (including phenoxy) is 2. The van der Waals surface area contributed by atoms with Gasteiger partial charge in [0.2, 0.25) is 5.88 Å². The molecule has 1 N–H and O–H groups in total. The van der Waals surface area contributed by atoms with Gasteiger partial charge in [-0.15, -0.1) is 0 Å². The fraction of sp³-hybridized carbons (Fsp3) is 0.280. The molecule has 0 atom stereocenters. The van der Waals surface area contributed by atoms with Crippen LogP contribution in [0.3, 0.4) is 0 Å². The van der Waals surface area contributed by atoms with Crippen molar-refractivity contribution in [2.24, 2.45) is 5.92 Å².